The number of aryl methyl sites for hydroxylation is 1. The first-order valence-corrected chi connectivity index (χ1v) is 5.33. The molecule has 19 heavy (non-hydrogen) atoms. The number of rotatable bonds is 2. The molecule has 0 nitrogen and oxygen atoms in total. The zero-order valence-corrected chi connectivity index (χ0v) is 9.78. The van der Waals surface area contributed by atoms with E-state index in [1.54, 1.807) is 0 Å². The van der Waals surface area contributed by atoms with Crippen molar-refractivity contribution in [3.05, 3.63) is 58.9 Å². The molecule has 0 aliphatic heterocycles. The van der Waals surface area contributed by atoms with E-state index in [4.69, 9.17) is 0 Å². The molecule has 0 saturated carbocycles. The van der Waals surface area contributed by atoms with Crippen molar-refractivity contribution in [2.24, 2.45) is 0 Å². The monoisotopic (exact) mass is 269 g/mol. The van der Waals surface area contributed by atoms with Gasteiger partial charge in [0.15, 0.2) is 0 Å². The lowest BCUT2D eigenvalue weighted by Crippen LogP contribution is -2.34. The molecule has 0 atom stereocenters. The molecule has 0 aromatic heterocycles. The molecular formula is C13H7BF5. The van der Waals surface area contributed by atoms with Gasteiger partial charge in [0.05, 0.1) is 0 Å². The summed E-state index contributed by atoms with van der Waals surface area (Å²) in [4.78, 5) is 0. The minimum Gasteiger partial charge on any atom is -0.208 e. The fourth-order valence-electron chi connectivity index (χ4n) is 1.64. The SMILES string of the molecule is Cc1cc([B]c2c(F)cc(F)cc2F)c(F)cc1F. The van der Waals surface area contributed by atoms with Crippen LogP contribution in [0.4, 0.5) is 22.0 Å². The van der Waals surface area contributed by atoms with Gasteiger partial charge in [-0.05, 0) is 23.4 Å². The molecule has 0 aliphatic carbocycles. The first kappa shape index (κ1) is 13.6. The highest BCUT2D eigenvalue weighted by Crippen LogP contribution is 2.07. The van der Waals surface area contributed by atoms with E-state index < -0.39 is 34.5 Å². The lowest BCUT2D eigenvalue weighted by atomic mass is 9.63. The van der Waals surface area contributed by atoms with Gasteiger partial charge in [0, 0.05) is 18.2 Å². The van der Waals surface area contributed by atoms with Gasteiger partial charge in [-0.3, -0.25) is 0 Å². The molecule has 0 heterocycles. The maximum absolute atomic E-state index is 13.5. The summed E-state index contributed by atoms with van der Waals surface area (Å²) in [7, 11) is 0.867. The Morgan fingerprint density at radius 2 is 1.32 bits per heavy atom. The van der Waals surface area contributed by atoms with E-state index in [1.165, 1.54) is 6.92 Å². The molecule has 6 heteroatoms. The Morgan fingerprint density at radius 3 is 1.89 bits per heavy atom. The third-order valence-corrected chi connectivity index (χ3v) is 2.62. The van der Waals surface area contributed by atoms with Crippen molar-refractivity contribution in [2.75, 3.05) is 0 Å². The first-order valence-electron chi connectivity index (χ1n) is 5.33. The lowest BCUT2D eigenvalue weighted by Gasteiger charge is -2.07. The number of benzene rings is 2. The zero-order chi connectivity index (χ0) is 14.2. The van der Waals surface area contributed by atoms with Crippen LogP contribution in [0.25, 0.3) is 0 Å². The molecule has 0 aliphatic rings. The predicted octanol–water partition coefficient (Wildman–Crippen LogP) is 2.35. The van der Waals surface area contributed by atoms with E-state index in [1.807, 2.05) is 0 Å². The predicted molar refractivity (Wildman–Crippen MR) is 62.4 cm³/mol. The summed E-state index contributed by atoms with van der Waals surface area (Å²) in [5.74, 6) is -5.08. The average Bonchev–Trinajstić information content (AvgIpc) is 2.29. The van der Waals surface area contributed by atoms with Crippen molar-refractivity contribution in [2.45, 2.75) is 6.92 Å². The fourth-order valence-corrected chi connectivity index (χ4v) is 1.64. The third kappa shape index (κ3) is 2.77. The summed E-state index contributed by atoms with van der Waals surface area (Å²) in [5.41, 5.74) is -0.620. The quantitative estimate of drug-likeness (QED) is 0.580. The molecule has 0 saturated heterocycles. The molecule has 1 radical (unpaired) electrons. The van der Waals surface area contributed by atoms with Crippen molar-refractivity contribution in [1.82, 2.24) is 0 Å². The van der Waals surface area contributed by atoms with Crippen molar-refractivity contribution >= 4 is 18.2 Å². The Bertz CT molecular complexity index is 616. The number of hydrogen-bond donors (Lipinski definition) is 0. The number of halogens is 5. The summed E-state index contributed by atoms with van der Waals surface area (Å²) in [6.07, 6.45) is 0. The summed E-state index contributed by atoms with van der Waals surface area (Å²) in [5, 5.41) is 0. The smallest absolute Gasteiger partial charge is 0.203 e. The topological polar surface area (TPSA) is 0 Å². The van der Waals surface area contributed by atoms with Gasteiger partial charge in [0.2, 0.25) is 7.28 Å². The van der Waals surface area contributed by atoms with Gasteiger partial charge in [-0.25, -0.2) is 22.0 Å². The molecule has 2 aromatic carbocycles. The van der Waals surface area contributed by atoms with E-state index in [0.29, 0.717) is 18.2 Å². The van der Waals surface area contributed by atoms with E-state index in [9.17, 15) is 22.0 Å². The van der Waals surface area contributed by atoms with E-state index in [-0.39, 0.29) is 11.0 Å². The van der Waals surface area contributed by atoms with Crippen LogP contribution in [0.15, 0.2) is 24.3 Å². The van der Waals surface area contributed by atoms with Gasteiger partial charge in [0.1, 0.15) is 29.1 Å². The standard InChI is InChI=1S/C13H7BF5/c1-6-2-8(10(17)5-9(6)16)14-13-11(18)3-7(15)4-12(13)19/h2-5H,1H3. The van der Waals surface area contributed by atoms with Crippen molar-refractivity contribution in [3.63, 3.8) is 0 Å². The highest BCUT2D eigenvalue weighted by Gasteiger charge is 2.16. The van der Waals surface area contributed by atoms with Crippen molar-refractivity contribution in [3.8, 4) is 0 Å². The fraction of sp³-hybridized carbons (Fsp3) is 0.0769. The minimum absolute atomic E-state index is 0.135. The van der Waals surface area contributed by atoms with Gasteiger partial charge in [-0.15, -0.1) is 0 Å². The maximum atomic E-state index is 13.5. The van der Waals surface area contributed by atoms with Crippen LogP contribution < -0.4 is 10.9 Å². The zero-order valence-electron chi connectivity index (χ0n) is 9.78. The summed E-state index contributed by atoms with van der Waals surface area (Å²) in [6, 6.07) is 2.72. The van der Waals surface area contributed by atoms with Crippen molar-refractivity contribution in [1.29, 1.82) is 0 Å². The van der Waals surface area contributed by atoms with Crippen LogP contribution in [0.1, 0.15) is 5.56 Å². The summed E-state index contributed by atoms with van der Waals surface area (Å²) >= 11 is 0. The largest absolute Gasteiger partial charge is 0.208 e. The molecule has 0 bridgehead atoms. The maximum Gasteiger partial charge on any atom is 0.203 e. The Labute approximate surface area is 107 Å². The molecule has 2 rings (SSSR count). The van der Waals surface area contributed by atoms with E-state index in [0.717, 1.165) is 13.3 Å². The van der Waals surface area contributed by atoms with Crippen molar-refractivity contribution < 1.29 is 22.0 Å². The first-order chi connectivity index (χ1) is 8.88. The molecule has 0 amide bonds. The highest BCUT2D eigenvalue weighted by molar-refractivity contribution is 6.67. The Hall–Kier alpha value is -1.85. The minimum atomic E-state index is -1.15. The molecule has 0 spiro atoms. The van der Waals surface area contributed by atoms with E-state index >= 15 is 0 Å². The van der Waals surface area contributed by atoms with Gasteiger partial charge >= 0.3 is 0 Å². The Morgan fingerprint density at radius 1 is 0.737 bits per heavy atom. The molecule has 0 unspecified atom stereocenters. The second-order valence-corrected chi connectivity index (χ2v) is 4.05. The average molecular weight is 269 g/mol. The molecule has 0 N–H and O–H groups in total. The summed E-state index contributed by atoms with van der Waals surface area (Å²) < 4.78 is 66.1. The molecular weight excluding hydrogens is 262 g/mol. The van der Waals surface area contributed by atoms with Crippen LogP contribution >= 0.6 is 0 Å². The summed E-state index contributed by atoms with van der Waals surface area (Å²) in [6.45, 7) is 1.39. The molecule has 0 fully saturated rings. The third-order valence-electron chi connectivity index (χ3n) is 2.62. The van der Waals surface area contributed by atoms with Gasteiger partial charge < -0.3 is 0 Å². The van der Waals surface area contributed by atoms with Crippen LogP contribution in [0.3, 0.4) is 0 Å². The van der Waals surface area contributed by atoms with Crippen LogP contribution in [0.2, 0.25) is 0 Å². The van der Waals surface area contributed by atoms with Gasteiger partial charge in [0.25, 0.3) is 0 Å². The van der Waals surface area contributed by atoms with Gasteiger partial charge in [-0.2, -0.15) is 0 Å². The normalized spacial score (nSPS) is 10.6. The molecule has 97 valence electrons. The highest BCUT2D eigenvalue weighted by atomic mass is 19.2. The van der Waals surface area contributed by atoms with Gasteiger partial charge in [-0.1, -0.05) is 6.07 Å². The van der Waals surface area contributed by atoms with Crippen LogP contribution in [0, 0.1) is 36.0 Å². The van der Waals surface area contributed by atoms with E-state index in [2.05, 4.69) is 0 Å². The van der Waals surface area contributed by atoms with Crippen LogP contribution in [-0.4, -0.2) is 7.28 Å². The second-order valence-electron chi connectivity index (χ2n) is 4.05. The van der Waals surface area contributed by atoms with Crippen LogP contribution in [-0.2, 0) is 0 Å². The Balaban J connectivity index is 2.45. The molecule has 2 aromatic rings. The lowest BCUT2D eigenvalue weighted by molar-refractivity contribution is 0.553. The number of hydrogen-bond acceptors (Lipinski definition) is 0. The van der Waals surface area contributed by atoms with Crippen LogP contribution in [0.5, 0.6) is 0 Å². The Kier molecular flexibility index (Phi) is 3.60. The second kappa shape index (κ2) is 5.03.